The molecule has 2 aliphatic rings. The molecule has 3 rings (SSSR count). The van der Waals surface area contributed by atoms with Gasteiger partial charge < -0.3 is 4.90 Å². The van der Waals surface area contributed by atoms with Gasteiger partial charge >= 0.3 is 0 Å². The van der Waals surface area contributed by atoms with Gasteiger partial charge in [-0.3, -0.25) is 0 Å². The Morgan fingerprint density at radius 3 is 2.35 bits per heavy atom. The van der Waals surface area contributed by atoms with E-state index in [1.54, 1.807) is 11.1 Å². The van der Waals surface area contributed by atoms with E-state index < -0.39 is 0 Å². The number of allylic oxidation sites excluding steroid dienone is 2. The molecule has 0 N–H and O–H groups in total. The monoisotopic (exact) mass is 353 g/mol. The first-order chi connectivity index (χ1) is 12.3. The fraction of sp³-hybridized carbons (Fsp3) is 0.680. The summed E-state index contributed by atoms with van der Waals surface area (Å²) in [5.74, 6) is 3.06. The SMILES string of the molecule is CCC/C(C)=C1\C(c2ccc(N(C)C)cc2)CC2(C)C(C)CCC2C1C. The highest BCUT2D eigenvalue weighted by atomic mass is 15.1. The third-order valence-corrected chi connectivity index (χ3v) is 7.93. The van der Waals surface area contributed by atoms with Gasteiger partial charge in [-0.05, 0) is 73.5 Å². The van der Waals surface area contributed by atoms with E-state index in [4.69, 9.17) is 0 Å². The summed E-state index contributed by atoms with van der Waals surface area (Å²) in [5, 5.41) is 0. The molecule has 5 atom stereocenters. The highest BCUT2D eigenvalue weighted by molar-refractivity contribution is 5.48. The lowest BCUT2D eigenvalue weighted by atomic mass is 9.55. The van der Waals surface area contributed by atoms with Gasteiger partial charge in [-0.2, -0.15) is 0 Å². The van der Waals surface area contributed by atoms with Gasteiger partial charge in [0, 0.05) is 25.7 Å². The molecule has 0 spiro atoms. The van der Waals surface area contributed by atoms with Crippen LogP contribution >= 0.6 is 0 Å². The van der Waals surface area contributed by atoms with Crippen LogP contribution in [0.15, 0.2) is 35.4 Å². The fourth-order valence-electron chi connectivity index (χ4n) is 6.22. The molecule has 0 bridgehead atoms. The zero-order valence-electron chi connectivity index (χ0n) is 18.1. The molecule has 1 heteroatoms. The molecule has 0 saturated heterocycles. The van der Waals surface area contributed by atoms with Crippen molar-refractivity contribution in [3.63, 3.8) is 0 Å². The van der Waals surface area contributed by atoms with E-state index in [0.717, 1.165) is 17.8 Å². The van der Waals surface area contributed by atoms with Crippen LogP contribution in [0, 0.1) is 23.2 Å². The molecule has 2 fully saturated rings. The minimum atomic E-state index is 0.500. The lowest BCUT2D eigenvalue weighted by Gasteiger charge is -2.49. The molecule has 5 unspecified atom stereocenters. The highest BCUT2D eigenvalue weighted by Gasteiger charge is 2.52. The Morgan fingerprint density at radius 1 is 1.12 bits per heavy atom. The third kappa shape index (κ3) is 3.23. The first-order valence-corrected chi connectivity index (χ1v) is 10.8. The van der Waals surface area contributed by atoms with Gasteiger partial charge in [-0.15, -0.1) is 0 Å². The van der Waals surface area contributed by atoms with Gasteiger partial charge in [-0.1, -0.05) is 57.4 Å². The van der Waals surface area contributed by atoms with Gasteiger partial charge in [0.05, 0.1) is 0 Å². The molecule has 2 aliphatic carbocycles. The van der Waals surface area contributed by atoms with E-state index in [0.29, 0.717) is 11.3 Å². The average Bonchev–Trinajstić information content (AvgIpc) is 2.90. The predicted molar refractivity (Wildman–Crippen MR) is 115 cm³/mol. The quantitative estimate of drug-likeness (QED) is 0.524. The summed E-state index contributed by atoms with van der Waals surface area (Å²) in [6, 6.07) is 9.41. The lowest BCUT2D eigenvalue weighted by Crippen LogP contribution is -2.40. The van der Waals surface area contributed by atoms with Crippen molar-refractivity contribution in [2.24, 2.45) is 23.2 Å². The van der Waals surface area contributed by atoms with E-state index in [1.165, 1.54) is 43.4 Å². The third-order valence-electron chi connectivity index (χ3n) is 7.93. The fourth-order valence-corrected chi connectivity index (χ4v) is 6.22. The summed E-state index contributed by atoms with van der Waals surface area (Å²) in [6.07, 6.45) is 6.68. The van der Waals surface area contributed by atoms with Crippen molar-refractivity contribution in [2.45, 2.75) is 72.6 Å². The van der Waals surface area contributed by atoms with Crippen LogP contribution in [0.1, 0.15) is 78.2 Å². The molecule has 0 radical (unpaired) electrons. The summed E-state index contributed by atoms with van der Waals surface area (Å²) >= 11 is 0. The molecule has 0 heterocycles. The summed E-state index contributed by atoms with van der Waals surface area (Å²) in [7, 11) is 4.25. The largest absolute Gasteiger partial charge is 0.378 e. The van der Waals surface area contributed by atoms with Gasteiger partial charge in [0.2, 0.25) is 0 Å². The number of rotatable bonds is 4. The van der Waals surface area contributed by atoms with Crippen LogP contribution in [-0.2, 0) is 0 Å². The molecule has 2 saturated carbocycles. The Morgan fingerprint density at radius 2 is 1.77 bits per heavy atom. The molecule has 26 heavy (non-hydrogen) atoms. The number of anilines is 1. The first-order valence-electron chi connectivity index (χ1n) is 10.8. The van der Waals surface area contributed by atoms with Crippen molar-refractivity contribution < 1.29 is 0 Å². The Hall–Kier alpha value is -1.24. The molecular formula is C25H39N. The first kappa shape index (κ1) is 19.5. The molecule has 1 aromatic carbocycles. The number of hydrogen-bond acceptors (Lipinski definition) is 1. The van der Waals surface area contributed by atoms with E-state index in [2.05, 4.69) is 77.9 Å². The molecule has 0 aliphatic heterocycles. The van der Waals surface area contributed by atoms with Crippen LogP contribution in [0.25, 0.3) is 0 Å². The highest BCUT2D eigenvalue weighted by Crippen LogP contribution is 2.62. The van der Waals surface area contributed by atoms with E-state index in [9.17, 15) is 0 Å². The molecule has 1 aromatic rings. The molecule has 144 valence electrons. The normalized spacial score (nSPS) is 36.0. The average molecular weight is 354 g/mol. The van der Waals surface area contributed by atoms with E-state index in [1.807, 2.05) is 0 Å². The number of benzene rings is 1. The van der Waals surface area contributed by atoms with Crippen LogP contribution < -0.4 is 4.90 Å². The Bertz CT molecular complexity index is 653. The molecular weight excluding hydrogens is 314 g/mol. The van der Waals surface area contributed by atoms with Gasteiger partial charge in [0.1, 0.15) is 0 Å². The standard InChI is InChI=1S/C25H39N/c1-8-9-17(2)24-19(4)23-15-10-18(3)25(23,5)16-22(24)20-11-13-21(14-12-20)26(6)7/h11-14,18-19,22-23H,8-10,15-16H2,1-7H3/b24-17-. The Balaban J connectivity index is 2.04. The summed E-state index contributed by atoms with van der Waals surface area (Å²) < 4.78 is 0. The maximum absolute atomic E-state index is 2.60. The minimum absolute atomic E-state index is 0.500. The van der Waals surface area contributed by atoms with Crippen LogP contribution in [0.4, 0.5) is 5.69 Å². The number of nitrogens with zero attached hydrogens (tertiary/aromatic N) is 1. The van der Waals surface area contributed by atoms with Crippen LogP contribution in [-0.4, -0.2) is 14.1 Å². The van der Waals surface area contributed by atoms with Crippen molar-refractivity contribution >= 4 is 5.69 Å². The lowest BCUT2D eigenvalue weighted by molar-refractivity contribution is 0.0839. The van der Waals surface area contributed by atoms with Crippen molar-refractivity contribution in [3.05, 3.63) is 41.0 Å². The maximum atomic E-state index is 2.60. The van der Waals surface area contributed by atoms with Crippen LogP contribution in [0.3, 0.4) is 0 Å². The number of hydrogen-bond donors (Lipinski definition) is 0. The van der Waals surface area contributed by atoms with E-state index in [-0.39, 0.29) is 0 Å². The molecule has 0 aromatic heterocycles. The smallest absolute Gasteiger partial charge is 0.0361 e. The minimum Gasteiger partial charge on any atom is -0.378 e. The summed E-state index contributed by atoms with van der Waals surface area (Å²) in [6.45, 7) is 12.4. The molecule has 0 amide bonds. The predicted octanol–water partition coefficient (Wildman–Crippen LogP) is 7.05. The van der Waals surface area contributed by atoms with Crippen molar-refractivity contribution in [1.82, 2.24) is 0 Å². The topological polar surface area (TPSA) is 3.24 Å². The number of fused-ring (bicyclic) bond motifs is 1. The van der Waals surface area contributed by atoms with Gasteiger partial charge in [0.15, 0.2) is 0 Å². The van der Waals surface area contributed by atoms with Gasteiger partial charge in [0.25, 0.3) is 0 Å². The van der Waals surface area contributed by atoms with Gasteiger partial charge in [-0.25, -0.2) is 0 Å². The van der Waals surface area contributed by atoms with Crippen molar-refractivity contribution in [2.75, 3.05) is 19.0 Å². The van der Waals surface area contributed by atoms with Crippen molar-refractivity contribution in [1.29, 1.82) is 0 Å². The zero-order valence-corrected chi connectivity index (χ0v) is 18.1. The Labute approximate surface area is 161 Å². The zero-order chi connectivity index (χ0) is 19.1. The second kappa shape index (κ2) is 7.41. The second-order valence-electron chi connectivity index (χ2n) is 9.61. The maximum Gasteiger partial charge on any atom is 0.0361 e. The Kier molecular flexibility index (Phi) is 5.56. The summed E-state index contributed by atoms with van der Waals surface area (Å²) in [5.41, 5.74) is 6.78. The van der Waals surface area contributed by atoms with E-state index >= 15 is 0 Å². The summed E-state index contributed by atoms with van der Waals surface area (Å²) in [4.78, 5) is 2.20. The second-order valence-corrected chi connectivity index (χ2v) is 9.61. The van der Waals surface area contributed by atoms with Crippen LogP contribution in [0.2, 0.25) is 0 Å². The van der Waals surface area contributed by atoms with Crippen molar-refractivity contribution in [3.8, 4) is 0 Å². The van der Waals surface area contributed by atoms with Crippen LogP contribution in [0.5, 0.6) is 0 Å². The molecule has 1 nitrogen and oxygen atoms in total.